The van der Waals surface area contributed by atoms with Crippen LogP contribution < -0.4 is 20.8 Å². The Morgan fingerprint density at radius 1 is 0.983 bits per heavy atom. The maximum atomic E-state index is 14.5. The van der Waals surface area contributed by atoms with Crippen molar-refractivity contribution in [3.8, 4) is 0 Å². The third-order valence-electron chi connectivity index (χ3n) is 12.3. The van der Waals surface area contributed by atoms with Crippen LogP contribution in [0, 0.1) is 11.7 Å². The minimum atomic E-state index is -4.50. The Morgan fingerprint density at radius 2 is 1.78 bits per heavy atom. The van der Waals surface area contributed by atoms with E-state index >= 15 is 0 Å². The SMILES string of the molecule is O=C(N[C@H]1CCCCC/C=C\[C@@H]2C[C@@]2(C(=O)NS(=O)(=O)c2ccc3c(c2)B(O)OC3)NC(=O)[C@@H]2C[C@@H](OC(=O)N3Cc4cccc(F)c4C3)CN2C1=O)OC1CCCC1. The van der Waals surface area contributed by atoms with Crippen LogP contribution in [0.15, 0.2) is 53.4 Å². The molecule has 6 aliphatic rings. The van der Waals surface area contributed by atoms with Crippen molar-refractivity contribution in [2.24, 2.45) is 5.92 Å². The molecule has 2 aromatic carbocycles. The summed E-state index contributed by atoms with van der Waals surface area (Å²) in [5.74, 6) is -3.41. The molecule has 2 saturated carbocycles. The number of nitrogens with zero attached hydrogens (tertiary/aromatic N) is 2. The van der Waals surface area contributed by atoms with Crippen LogP contribution in [0.4, 0.5) is 14.0 Å². The minimum Gasteiger partial charge on any atom is -0.446 e. The number of carbonyl (C=O) groups is 5. The lowest BCUT2D eigenvalue weighted by Gasteiger charge is -2.30. The molecule has 19 heteroatoms. The largest absolute Gasteiger partial charge is 0.491 e. The first-order valence-corrected chi connectivity index (χ1v) is 21.8. The van der Waals surface area contributed by atoms with Gasteiger partial charge >= 0.3 is 19.3 Å². The first-order chi connectivity index (χ1) is 28.3. The van der Waals surface area contributed by atoms with E-state index in [1.807, 2.05) is 6.08 Å². The fourth-order valence-corrected chi connectivity index (χ4v) is 9.93. The second kappa shape index (κ2) is 16.6. The van der Waals surface area contributed by atoms with Crippen LogP contribution in [0.2, 0.25) is 0 Å². The van der Waals surface area contributed by atoms with E-state index in [0.717, 1.165) is 32.1 Å². The molecule has 8 rings (SSSR count). The molecular formula is C40H47BFN5O11S. The van der Waals surface area contributed by atoms with E-state index in [4.69, 9.17) is 14.1 Å². The first kappa shape index (κ1) is 40.8. The quantitative estimate of drug-likeness (QED) is 0.245. The number of nitrogens with one attached hydrogen (secondary N) is 3. The molecule has 2 aromatic rings. The van der Waals surface area contributed by atoms with Crippen LogP contribution in [-0.2, 0) is 58.2 Å². The van der Waals surface area contributed by atoms with E-state index in [-0.39, 0.29) is 62.0 Å². The molecule has 59 heavy (non-hydrogen) atoms. The lowest BCUT2D eigenvalue weighted by Crippen LogP contribution is -2.58. The van der Waals surface area contributed by atoms with Crippen LogP contribution in [-0.4, -0.2) is 96.6 Å². The summed E-state index contributed by atoms with van der Waals surface area (Å²) in [4.78, 5) is 71.9. The summed E-state index contributed by atoms with van der Waals surface area (Å²) in [5, 5.41) is 15.7. The standard InChI is InChI=1S/C40H47BFN5O11S/c42-32-13-8-9-24-20-46(22-30(24)32)39(52)58-28-17-34-35(48)44-40(37(50)45-59(54,55)29-16-15-25-23-56-41(53)31(25)18-29)19-26(40)10-4-2-1-3-5-14-33(36(49)47(34)21-28)43-38(51)57-27-11-6-7-12-27/h4,8-10,13,15-16,18,26-28,33-34,53H,1-3,5-7,11-12,14,17,19-23H2,(H,43,51)(H,44,48)(H,45,50)/b10-4-/t26-,28-,33+,34+,40-/m1/s1. The van der Waals surface area contributed by atoms with Gasteiger partial charge in [-0.3, -0.25) is 19.3 Å². The number of amides is 5. The van der Waals surface area contributed by atoms with Crippen molar-refractivity contribution >= 4 is 52.5 Å². The van der Waals surface area contributed by atoms with E-state index in [1.165, 1.54) is 34.1 Å². The molecule has 0 unspecified atom stereocenters. The zero-order chi connectivity index (χ0) is 41.5. The van der Waals surface area contributed by atoms with Gasteiger partial charge in [0, 0.05) is 24.4 Å². The molecule has 0 radical (unpaired) electrons. The van der Waals surface area contributed by atoms with Crippen LogP contribution in [0.1, 0.15) is 87.3 Å². The Labute approximate surface area is 341 Å². The van der Waals surface area contributed by atoms with Crippen molar-refractivity contribution < 1.29 is 55.9 Å². The molecule has 4 aliphatic heterocycles. The molecule has 16 nitrogen and oxygen atoms in total. The number of hydrogen-bond acceptors (Lipinski definition) is 11. The summed E-state index contributed by atoms with van der Waals surface area (Å²) < 4.78 is 60.4. The molecule has 314 valence electrons. The average molecular weight is 836 g/mol. The molecule has 4 heterocycles. The molecule has 0 aromatic heterocycles. The molecular weight excluding hydrogens is 788 g/mol. The number of rotatable bonds is 6. The van der Waals surface area contributed by atoms with Crippen LogP contribution in [0.3, 0.4) is 0 Å². The Morgan fingerprint density at radius 3 is 2.58 bits per heavy atom. The molecule has 0 spiro atoms. The van der Waals surface area contributed by atoms with E-state index < -0.39 is 82.5 Å². The van der Waals surface area contributed by atoms with Crippen molar-refractivity contribution in [1.29, 1.82) is 0 Å². The molecule has 5 atom stereocenters. The molecule has 3 fully saturated rings. The maximum absolute atomic E-state index is 14.5. The Bertz CT molecular complexity index is 2170. The molecule has 1 saturated heterocycles. The topological polar surface area (TPSA) is 210 Å². The number of alkyl carbamates (subject to hydrolysis) is 1. The summed E-state index contributed by atoms with van der Waals surface area (Å²) in [5.41, 5.74) is 0.159. The van der Waals surface area contributed by atoms with E-state index in [0.29, 0.717) is 36.0 Å². The third-order valence-corrected chi connectivity index (χ3v) is 13.6. The van der Waals surface area contributed by atoms with Gasteiger partial charge in [-0.2, -0.15) is 0 Å². The van der Waals surface area contributed by atoms with Gasteiger partial charge in [0.1, 0.15) is 35.6 Å². The van der Waals surface area contributed by atoms with Crippen LogP contribution in [0.25, 0.3) is 0 Å². The van der Waals surface area contributed by atoms with E-state index in [9.17, 15) is 41.8 Å². The van der Waals surface area contributed by atoms with Gasteiger partial charge in [0.05, 0.1) is 24.6 Å². The van der Waals surface area contributed by atoms with Gasteiger partial charge < -0.3 is 34.7 Å². The average Bonchev–Trinajstić information content (AvgIpc) is 3.77. The number of halogens is 1. The lowest BCUT2D eigenvalue weighted by atomic mass is 9.80. The summed E-state index contributed by atoms with van der Waals surface area (Å²) in [6.45, 7) is -0.0422. The fourth-order valence-electron chi connectivity index (χ4n) is 8.86. The summed E-state index contributed by atoms with van der Waals surface area (Å²) >= 11 is 0. The summed E-state index contributed by atoms with van der Waals surface area (Å²) in [6.07, 6.45) is 6.90. The second-order valence-corrected chi connectivity index (χ2v) is 18.0. The van der Waals surface area contributed by atoms with E-state index in [2.05, 4.69) is 15.4 Å². The number of fused-ring (bicyclic) bond motifs is 4. The van der Waals surface area contributed by atoms with Crippen molar-refractivity contribution in [3.05, 3.63) is 71.1 Å². The van der Waals surface area contributed by atoms with Gasteiger partial charge in [-0.05, 0) is 86.2 Å². The Kier molecular flexibility index (Phi) is 11.4. The normalized spacial score (nSPS) is 27.7. The number of ether oxygens (including phenoxy) is 2. The first-order valence-electron chi connectivity index (χ1n) is 20.3. The van der Waals surface area contributed by atoms with Crippen molar-refractivity contribution in [1.82, 2.24) is 25.2 Å². The van der Waals surface area contributed by atoms with Gasteiger partial charge in [0.25, 0.3) is 15.9 Å². The van der Waals surface area contributed by atoms with Crippen molar-refractivity contribution in [2.45, 2.75) is 125 Å². The van der Waals surface area contributed by atoms with Gasteiger partial charge in [-0.15, -0.1) is 0 Å². The number of hydrogen-bond donors (Lipinski definition) is 4. The van der Waals surface area contributed by atoms with Crippen LogP contribution >= 0.6 is 0 Å². The maximum Gasteiger partial charge on any atom is 0.491 e. The second-order valence-electron chi connectivity index (χ2n) is 16.3. The third kappa shape index (κ3) is 8.55. The Hall–Kier alpha value is -5.01. The smallest absolute Gasteiger partial charge is 0.446 e. The van der Waals surface area contributed by atoms with Gasteiger partial charge in [-0.25, -0.2) is 27.1 Å². The van der Waals surface area contributed by atoms with Crippen LogP contribution in [0.5, 0.6) is 0 Å². The van der Waals surface area contributed by atoms with Gasteiger partial charge in [0.15, 0.2) is 0 Å². The molecule has 4 N–H and O–H groups in total. The van der Waals surface area contributed by atoms with Crippen molar-refractivity contribution in [2.75, 3.05) is 6.54 Å². The van der Waals surface area contributed by atoms with Gasteiger partial charge in [0.2, 0.25) is 11.8 Å². The zero-order valence-corrected chi connectivity index (χ0v) is 33.2. The number of carbonyl (C=O) groups excluding carboxylic acids is 5. The van der Waals surface area contributed by atoms with Crippen molar-refractivity contribution in [3.63, 3.8) is 0 Å². The fraction of sp³-hybridized carbons (Fsp3) is 0.525. The summed E-state index contributed by atoms with van der Waals surface area (Å²) in [6, 6.07) is 6.22. The molecule has 5 amide bonds. The number of sulfonamides is 1. The number of allylic oxidation sites excluding steroid dienone is 1. The Balaban J connectivity index is 1.04. The summed E-state index contributed by atoms with van der Waals surface area (Å²) in [7, 11) is -5.82. The lowest BCUT2D eigenvalue weighted by molar-refractivity contribution is -0.141. The highest BCUT2D eigenvalue weighted by Crippen LogP contribution is 2.46. The number of benzene rings is 2. The van der Waals surface area contributed by atoms with Gasteiger partial charge in [-0.1, -0.05) is 43.2 Å². The predicted octanol–water partition coefficient (Wildman–Crippen LogP) is 2.40. The van der Waals surface area contributed by atoms with E-state index in [1.54, 1.807) is 18.2 Å². The highest BCUT2D eigenvalue weighted by Gasteiger charge is 2.62. The molecule has 2 aliphatic carbocycles. The highest BCUT2D eigenvalue weighted by atomic mass is 32.2. The minimum absolute atomic E-state index is 0.0233. The zero-order valence-electron chi connectivity index (χ0n) is 32.4. The monoisotopic (exact) mass is 835 g/mol. The highest BCUT2D eigenvalue weighted by molar-refractivity contribution is 7.90. The predicted molar refractivity (Wildman–Crippen MR) is 207 cm³/mol. The molecule has 0 bridgehead atoms.